The van der Waals surface area contributed by atoms with Gasteiger partial charge in [0.05, 0.1) is 38.2 Å². The van der Waals surface area contributed by atoms with Gasteiger partial charge in [0.15, 0.2) is 11.5 Å². The third-order valence-corrected chi connectivity index (χ3v) is 4.03. The molecule has 0 spiro atoms. The number of aromatic nitrogens is 1. The molecule has 0 aliphatic carbocycles. The highest BCUT2D eigenvalue weighted by Gasteiger charge is 2.06. The Morgan fingerprint density at radius 3 is 2.59 bits per heavy atom. The number of hydrogen-bond acceptors (Lipinski definition) is 6. The Morgan fingerprint density at radius 1 is 1.04 bits per heavy atom. The van der Waals surface area contributed by atoms with Gasteiger partial charge >= 0.3 is 0 Å². The maximum absolute atomic E-state index is 5.56. The number of aryl methyl sites for hydroxylation is 1. The van der Waals surface area contributed by atoms with E-state index in [9.17, 15) is 0 Å². The van der Waals surface area contributed by atoms with Gasteiger partial charge in [-0.15, -0.1) is 0 Å². The quantitative estimate of drug-likeness (QED) is 0.496. The van der Waals surface area contributed by atoms with E-state index < -0.39 is 0 Å². The van der Waals surface area contributed by atoms with Crippen molar-refractivity contribution in [2.45, 2.75) is 13.8 Å². The molecule has 6 heteroatoms. The molecule has 6 nitrogen and oxygen atoms in total. The maximum atomic E-state index is 5.56. The van der Waals surface area contributed by atoms with Gasteiger partial charge < -0.3 is 14.2 Å². The zero-order chi connectivity index (χ0) is 19.2. The number of hydrazone groups is 1. The second-order valence-electron chi connectivity index (χ2n) is 5.91. The van der Waals surface area contributed by atoms with Crippen LogP contribution in [-0.4, -0.2) is 32.0 Å². The summed E-state index contributed by atoms with van der Waals surface area (Å²) in [5.74, 6) is 2.15. The average molecular weight is 365 g/mol. The summed E-state index contributed by atoms with van der Waals surface area (Å²) in [5, 5.41) is 5.34. The number of methoxy groups -OCH3 is 2. The van der Waals surface area contributed by atoms with Gasteiger partial charge in [0.25, 0.3) is 0 Å². The SMILES string of the molecule is CCOc1ccc2c(NN=Cc3ccc(OC)c(OC)c3)cc(C)nc2c1. The monoisotopic (exact) mass is 365 g/mol. The number of ether oxygens (including phenoxy) is 3. The number of rotatable bonds is 7. The summed E-state index contributed by atoms with van der Waals surface area (Å²) < 4.78 is 16.1. The van der Waals surface area contributed by atoms with Crippen LogP contribution in [0.15, 0.2) is 47.6 Å². The molecule has 140 valence electrons. The smallest absolute Gasteiger partial charge is 0.161 e. The molecule has 3 rings (SSSR count). The highest BCUT2D eigenvalue weighted by atomic mass is 16.5. The Morgan fingerprint density at radius 2 is 1.85 bits per heavy atom. The largest absolute Gasteiger partial charge is 0.494 e. The molecule has 0 bridgehead atoms. The maximum Gasteiger partial charge on any atom is 0.161 e. The van der Waals surface area contributed by atoms with E-state index in [-0.39, 0.29) is 0 Å². The normalized spacial score (nSPS) is 11.0. The second kappa shape index (κ2) is 8.40. The number of hydrogen-bond donors (Lipinski definition) is 1. The zero-order valence-electron chi connectivity index (χ0n) is 15.9. The first-order chi connectivity index (χ1) is 13.1. The van der Waals surface area contributed by atoms with Gasteiger partial charge in [-0.2, -0.15) is 5.10 Å². The molecule has 0 aliphatic rings. The van der Waals surface area contributed by atoms with Crippen molar-refractivity contribution in [3.05, 3.63) is 53.7 Å². The molecular formula is C21H23N3O3. The predicted octanol–water partition coefficient (Wildman–Crippen LogP) is 4.41. The van der Waals surface area contributed by atoms with Crippen LogP contribution >= 0.6 is 0 Å². The topological polar surface area (TPSA) is 65.0 Å². The van der Waals surface area contributed by atoms with Gasteiger partial charge in [-0.05, 0) is 55.8 Å². The minimum atomic E-state index is 0.623. The first kappa shape index (κ1) is 18.5. The van der Waals surface area contributed by atoms with Crippen LogP contribution in [0.1, 0.15) is 18.2 Å². The van der Waals surface area contributed by atoms with Crippen LogP contribution in [0, 0.1) is 6.92 Å². The molecule has 0 fully saturated rings. The molecule has 0 atom stereocenters. The van der Waals surface area contributed by atoms with Crippen LogP contribution in [0.2, 0.25) is 0 Å². The molecular weight excluding hydrogens is 342 g/mol. The van der Waals surface area contributed by atoms with Crippen molar-refractivity contribution in [3.8, 4) is 17.2 Å². The third-order valence-electron chi connectivity index (χ3n) is 4.03. The van der Waals surface area contributed by atoms with Gasteiger partial charge in [0.1, 0.15) is 5.75 Å². The van der Waals surface area contributed by atoms with E-state index in [1.807, 2.05) is 56.3 Å². The van der Waals surface area contributed by atoms with Gasteiger partial charge in [0.2, 0.25) is 0 Å². The Kier molecular flexibility index (Phi) is 5.76. The highest BCUT2D eigenvalue weighted by Crippen LogP contribution is 2.28. The summed E-state index contributed by atoms with van der Waals surface area (Å²) in [7, 11) is 3.22. The van der Waals surface area contributed by atoms with E-state index in [4.69, 9.17) is 14.2 Å². The highest BCUT2D eigenvalue weighted by molar-refractivity contribution is 5.93. The van der Waals surface area contributed by atoms with Crippen molar-refractivity contribution >= 4 is 22.8 Å². The zero-order valence-corrected chi connectivity index (χ0v) is 15.9. The van der Waals surface area contributed by atoms with E-state index in [2.05, 4.69) is 15.5 Å². The van der Waals surface area contributed by atoms with Crippen LogP contribution in [-0.2, 0) is 0 Å². The molecule has 1 aromatic heterocycles. The number of pyridine rings is 1. The molecule has 0 amide bonds. The van der Waals surface area contributed by atoms with Gasteiger partial charge in [0, 0.05) is 17.1 Å². The number of benzene rings is 2. The lowest BCUT2D eigenvalue weighted by Crippen LogP contribution is -1.97. The Hall–Kier alpha value is -3.28. The first-order valence-electron chi connectivity index (χ1n) is 8.70. The van der Waals surface area contributed by atoms with E-state index in [0.717, 1.165) is 33.6 Å². The summed E-state index contributed by atoms with van der Waals surface area (Å²) in [6.45, 7) is 4.54. The summed E-state index contributed by atoms with van der Waals surface area (Å²) in [6, 6.07) is 13.5. The lowest BCUT2D eigenvalue weighted by atomic mass is 10.1. The van der Waals surface area contributed by atoms with E-state index in [1.54, 1.807) is 20.4 Å². The summed E-state index contributed by atoms with van der Waals surface area (Å²) in [5.41, 5.74) is 6.66. The molecule has 1 heterocycles. The predicted molar refractivity (Wildman–Crippen MR) is 108 cm³/mol. The first-order valence-corrected chi connectivity index (χ1v) is 8.70. The molecule has 0 saturated heterocycles. The molecule has 3 aromatic rings. The number of nitrogens with one attached hydrogen (secondary N) is 1. The second-order valence-corrected chi connectivity index (χ2v) is 5.91. The van der Waals surface area contributed by atoms with Crippen molar-refractivity contribution < 1.29 is 14.2 Å². The fourth-order valence-electron chi connectivity index (χ4n) is 2.80. The lowest BCUT2D eigenvalue weighted by Gasteiger charge is -2.10. The van der Waals surface area contributed by atoms with Crippen LogP contribution in [0.25, 0.3) is 10.9 Å². The summed E-state index contributed by atoms with van der Waals surface area (Å²) >= 11 is 0. The van der Waals surface area contributed by atoms with Crippen molar-refractivity contribution in [2.24, 2.45) is 5.10 Å². The van der Waals surface area contributed by atoms with Crippen molar-refractivity contribution in [1.29, 1.82) is 0 Å². The average Bonchev–Trinajstić information content (AvgIpc) is 2.67. The standard InChI is InChI=1S/C21H23N3O3/c1-5-27-16-7-8-17-18(12-16)23-14(2)10-19(17)24-22-13-15-6-9-20(25-3)21(11-15)26-4/h6-13H,5H2,1-4H3,(H,23,24). The number of nitrogens with zero attached hydrogens (tertiary/aromatic N) is 2. The molecule has 1 N–H and O–H groups in total. The molecule has 2 aromatic carbocycles. The van der Waals surface area contributed by atoms with Crippen LogP contribution in [0.5, 0.6) is 17.2 Å². The molecule has 0 aliphatic heterocycles. The molecule has 0 radical (unpaired) electrons. The van der Waals surface area contributed by atoms with Crippen molar-refractivity contribution in [2.75, 3.05) is 26.3 Å². The Labute approximate surface area is 158 Å². The van der Waals surface area contributed by atoms with Crippen LogP contribution < -0.4 is 19.6 Å². The molecule has 0 saturated carbocycles. The van der Waals surface area contributed by atoms with E-state index >= 15 is 0 Å². The Bertz CT molecular complexity index is 970. The van der Waals surface area contributed by atoms with E-state index in [1.165, 1.54) is 0 Å². The fraction of sp³-hybridized carbons (Fsp3) is 0.238. The third kappa shape index (κ3) is 4.28. The van der Waals surface area contributed by atoms with Gasteiger partial charge in [-0.1, -0.05) is 0 Å². The van der Waals surface area contributed by atoms with Crippen molar-refractivity contribution in [3.63, 3.8) is 0 Å². The minimum Gasteiger partial charge on any atom is -0.494 e. The van der Waals surface area contributed by atoms with Crippen molar-refractivity contribution in [1.82, 2.24) is 4.98 Å². The lowest BCUT2D eigenvalue weighted by molar-refractivity contribution is 0.340. The fourth-order valence-corrected chi connectivity index (χ4v) is 2.80. The minimum absolute atomic E-state index is 0.623. The molecule has 0 unspecified atom stereocenters. The Balaban J connectivity index is 1.85. The number of anilines is 1. The summed E-state index contributed by atoms with van der Waals surface area (Å²) in [4.78, 5) is 4.58. The number of fused-ring (bicyclic) bond motifs is 1. The molecule has 27 heavy (non-hydrogen) atoms. The van der Waals surface area contributed by atoms with Gasteiger partial charge in [-0.25, -0.2) is 0 Å². The van der Waals surface area contributed by atoms with Gasteiger partial charge in [-0.3, -0.25) is 10.4 Å². The van der Waals surface area contributed by atoms with Crippen LogP contribution in [0.4, 0.5) is 5.69 Å². The summed E-state index contributed by atoms with van der Waals surface area (Å²) in [6.07, 6.45) is 1.73. The van der Waals surface area contributed by atoms with E-state index in [0.29, 0.717) is 18.1 Å². The van der Waals surface area contributed by atoms with Crippen LogP contribution in [0.3, 0.4) is 0 Å².